The number of halogens is 3. The van der Waals surface area contributed by atoms with E-state index in [4.69, 9.17) is 34.8 Å². The summed E-state index contributed by atoms with van der Waals surface area (Å²) in [7, 11) is 0. The van der Waals surface area contributed by atoms with Crippen LogP contribution in [0, 0.1) is 6.92 Å². The van der Waals surface area contributed by atoms with E-state index in [9.17, 15) is 0 Å². The van der Waals surface area contributed by atoms with Gasteiger partial charge in [-0.05, 0) is 30.5 Å². The second kappa shape index (κ2) is 6.84. The first kappa shape index (κ1) is 15.1. The SMILES string of the molecule is CCC(CCl)(CCl)NCc1ccc(C)cc1Cl. The predicted octanol–water partition coefficient (Wildman–Crippen LogP) is 4.36. The zero-order valence-corrected chi connectivity index (χ0v) is 12.5. The van der Waals surface area contributed by atoms with Crippen LogP contribution in [-0.4, -0.2) is 17.3 Å². The monoisotopic (exact) mass is 293 g/mol. The third kappa shape index (κ3) is 4.03. The Labute approximate surface area is 118 Å². The zero-order chi connectivity index (χ0) is 12.9. The van der Waals surface area contributed by atoms with E-state index in [1.54, 1.807) is 0 Å². The molecule has 0 radical (unpaired) electrons. The molecule has 0 bridgehead atoms. The lowest BCUT2D eigenvalue weighted by molar-refractivity contribution is 0.385. The summed E-state index contributed by atoms with van der Waals surface area (Å²) in [6.07, 6.45) is 0.892. The molecule has 17 heavy (non-hydrogen) atoms. The topological polar surface area (TPSA) is 12.0 Å². The van der Waals surface area contributed by atoms with Crippen molar-refractivity contribution in [3.05, 3.63) is 34.3 Å². The van der Waals surface area contributed by atoms with Crippen LogP contribution in [0.25, 0.3) is 0 Å². The van der Waals surface area contributed by atoms with Crippen LogP contribution >= 0.6 is 34.8 Å². The van der Waals surface area contributed by atoms with Gasteiger partial charge in [-0.2, -0.15) is 0 Å². The highest BCUT2D eigenvalue weighted by Crippen LogP contribution is 2.20. The molecule has 4 heteroatoms. The van der Waals surface area contributed by atoms with Crippen molar-refractivity contribution in [3.8, 4) is 0 Å². The van der Waals surface area contributed by atoms with E-state index < -0.39 is 0 Å². The quantitative estimate of drug-likeness (QED) is 0.769. The average Bonchev–Trinajstić information content (AvgIpc) is 2.33. The lowest BCUT2D eigenvalue weighted by Crippen LogP contribution is -2.47. The smallest absolute Gasteiger partial charge is 0.0453 e. The standard InChI is InChI=1S/C13H18Cl3N/c1-3-13(8-14,9-15)17-7-11-5-4-10(2)6-12(11)16/h4-6,17H,3,7-9H2,1-2H3. The van der Waals surface area contributed by atoms with E-state index in [0.717, 1.165) is 22.6 Å². The van der Waals surface area contributed by atoms with Gasteiger partial charge in [-0.25, -0.2) is 0 Å². The Morgan fingerprint density at radius 3 is 2.35 bits per heavy atom. The van der Waals surface area contributed by atoms with Gasteiger partial charge in [-0.15, -0.1) is 23.2 Å². The minimum absolute atomic E-state index is 0.211. The molecule has 0 aromatic heterocycles. The first-order chi connectivity index (χ1) is 8.06. The highest BCUT2D eigenvalue weighted by atomic mass is 35.5. The summed E-state index contributed by atoms with van der Waals surface area (Å²) in [6.45, 7) is 4.79. The molecule has 0 atom stereocenters. The van der Waals surface area contributed by atoms with Crippen molar-refractivity contribution in [2.45, 2.75) is 32.4 Å². The molecule has 0 unspecified atom stereocenters. The summed E-state index contributed by atoms with van der Waals surface area (Å²) in [6, 6.07) is 6.05. The van der Waals surface area contributed by atoms with E-state index in [-0.39, 0.29) is 5.54 Å². The van der Waals surface area contributed by atoms with Gasteiger partial charge in [-0.3, -0.25) is 0 Å². The maximum absolute atomic E-state index is 6.18. The fourth-order valence-corrected chi connectivity index (χ4v) is 2.68. The van der Waals surface area contributed by atoms with Crippen LogP contribution in [0.3, 0.4) is 0 Å². The molecule has 1 nitrogen and oxygen atoms in total. The Morgan fingerprint density at radius 2 is 1.88 bits per heavy atom. The van der Waals surface area contributed by atoms with Gasteiger partial charge in [0.1, 0.15) is 0 Å². The van der Waals surface area contributed by atoms with Gasteiger partial charge in [0.15, 0.2) is 0 Å². The summed E-state index contributed by atoms with van der Waals surface area (Å²) < 4.78 is 0. The highest BCUT2D eigenvalue weighted by molar-refractivity contribution is 6.31. The lowest BCUT2D eigenvalue weighted by atomic mass is 10.0. The van der Waals surface area contributed by atoms with Gasteiger partial charge in [0, 0.05) is 28.9 Å². The van der Waals surface area contributed by atoms with Crippen molar-refractivity contribution >= 4 is 34.8 Å². The van der Waals surface area contributed by atoms with E-state index in [0.29, 0.717) is 18.3 Å². The van der Waals surface area contributed by atoms with Crippen molar-refractivity contribution in [3.63, 3.8) is 0 Å². The van der Waals surface area contributed by atoms with Crippen LogP contribution in [0.2, 0.25) is 5.02 Å². The van der Waals surface area contributed by atoms with Crippen LogP contribution in [0.1, 0.15) is 24.5 Å². The third-order valence-corrected chi connectivity index (χ3v) is 4.43. The Kier molecular flexibility index (Phi) is 6.08. The molecule has 1 aromatic rings. The molecule has 0 spiro atoms. The van der Waals surface area contributed by atoms with Crippen molar-refractivity contribution in [1.29, 1.82) is 0 Å². The average molecular weight is 295 g/mol. The molecular weight excluding hydrogens is 277 g/mol. The second-order valence-corrected chi connectivity index (χ2v) is 5.29. The first-order valence-electron chi connectivity index (χ1n) is 5.69. The van der Waals surface area contributed by atoms with Crippen molar-refractivity contribution in [1.82, 2.24) is 5.32 Å². The third-order valence-electron chi connectivity index (χ3n) is 3.05. The van der Waals surface area contributed by atoms with E-state index >= 15 is 0 Å². The molecule has 0 heterocycles. The largest absolute Gasteiger partial charge is 0.305 e. The minimum atomic E-state index is -0.211. The number of hydrogen-bond acceptors (Lipinski definition) is 1. The summed E-state index contributed by atoms with van der Waals surface area (Å²) in [4.78, 5) is 0. The van der Waals surface area contributed by atoms with Gasteiger partial charge >= 0.3 is 0 Å². The Bertz CT molecular complexity index is 353. The van der Waals surface area contributed by atoms with Gasteiger partial charge in [-0.1, -0.05) is 30.7 Å². The van der Waals surface area contributed by atoms with Gasteiger partial charge in [0.25, 0.3) is 0 Å². The van der Waals surface area contributed by atoms with Crippen molar-refractivity contribution < 1.29 is 0 Å². The maximum Gasteiger partial charge on any atom is 0.0453 e. The second-order valence-electron chi connectivity index (χ2n) is 4.35. The minimum Gasteiger partial charge on any atom is -0.305 e. The number of hydrogen-bond donors (Lipinski definition) is 1. The molecule has 1 aromatic carbocycles. The van der Waals surface area contributed by atoms with E-state index in [2.05, 4.69) is 18.3 Å². The molecule has 0 aliphatic rings. The number of benzene rings is 1. The van der Waals surface area contributed by atoms with Gasteiger partial charge < -0.3 is 5.32 Å². The first-order valence-corrected chi connectivity index (χ1v) is 7.13. The van der Waals surface area contributed by atoms with Crippen LogP contribution in [-0.2, 0) is 6.54 Å². The van der Waals surface area contributed by atoms with Crippen LogP contribution < -0.4 is 5.32 Å². The van der Waals surface area contributed by atoms with E-state index in [1.165, 1.54) is 0 Å². The fourth-order valence-electron chi connectivity index (χ4n) is 1.52. The molecule has 0 saturated carbocycles. The summed E-state index contributed by atoms with van der Waals surface area (Å²) in [5.41, 5.74) is 2.03. The number of aryl methyl sites for hydroxylation is 1. The maximum atomic E-state index is 6.18. The number of nitrogens with one attached hydrogen (secondary N) is 1. The summed E-state index contributed by atoms with van der Waals surface area (Å²) in [5, 5.41) is 4.19. The molecular formula is C13H18Cl3N. The van der Waals surface area contributed by atoms with Crippen LogP contribution in [0.4, 0.5) is 0 Å². The van der Waals surface area contributed by atoms with Crippen molar-refractivity contribution in [2.24, 2.45) is 0 Å². The predicted molar refractivity (Wildman–Crippen MR) is 77.5 cm³/mol. The Balaban J connectivity index is 2.72. The Hall–Kier alpha value is 0.0500. The molecule has 1 N–H and O–H groups in total. The number of alkyl halides is 2. The molecule has 0 aliphatic heterocycles. The molecule has 1 rings (SSSR count). The van der Waals surface area contributed by atoms with Gasteiger partial charge in [0.05, 0.1) is 0 Å². The van der Waals surface area contributed by atoms with Crippen LogP contribution in [0.15, 0.2) is 18.2 Å². The molecule has 0 saturated heterocycles. The van der Waals surface area contributed by atoms with Gasteiger partial charge in [0.2, 0.25) is 0 Å². The normalized spacial score (nSPS) is 11.8. The molecule has 96 valence electrons. The van der Waals surface area contributed by atoms with Crippen molar-refractivity contribution in [2.75, 3.05) is 11.8 Å². The molecule has 0 amide bonds. The highest BCUT2D eigenvalue weighted by Gasteiger charge is 2.25. The summed E-state index contributed by atoms with van der Waals surface area (Å²) >= 11 is 18.1. The van der Waals surface area contributed by atoms with Crippen LogP contribution in [0.5, 0.6) is 0 Å². The number of rotatable bonds is 6. The lowest BCUT2D eigenvalue weighted by Gasteiger charge is -2.30. The zero-order valence-electron chi connectivity index (χ0n) is 10.2. The molecule has 0 fully saturated rings. The van der Waals surface area contributed by atoms with E-state index in [1.807, 2.05) is 19.1 Å². The Morgan fingerprint density at radius 1 is 1.24 bits per heavy atom. The fraction of sp³-hybridized carbons (Fsp3) is 0.538. The summed E-state index contributed by atoms with van der Waals surface area (Å²) in [5.74, 6) is 0.993. The molecule has 0 aliphatic carbocycles.